The van der Waals surface area contributed by atoms with E-state index in [9.17, 15) is 8.42 Å². The Kier molecular flexibility index (Phi) is 4.51. The van der Waals surface area contributed by atoms with Crippen LogP contribution in [0.3, 0.4) is 0 Å². The zero-order valence-corrected chi connectivity index (χ0v) is 13.0. The smallest absolute Gasteiger partial charge is 0.259 e. The van der Waals surface area contributed by atoms with Gasteiger partial charge < -0.3 is 10.3 Å². The lowest BCUT2D eigenvalue weighted by molar-refractivity contribution is 0.369. The number of rotatable bonds is 4. The first-order valence-corrected chi connectivity index (χ1v) is 8.59. The van der Waals surface area contributed by atoms with Gasteiger partial charge >= 0.3 is 0 Å². The van der Waals surface area contributed by atoms with Gasteiger partial charge in [0.05, 0.1) is 0 Å². The van der Waals surface area contributed by atoms with Gasteiger partial charge in [0.25, 0.3) is 10.0 Å². The summed E-state index contributed by atoms with van der Waals surface area (Å²) in [5.41, 5.74) is 5.90. The predicted molar refractivity (Wildman–Crippen MR) is 77.8 cm³/mol. The van der Waals surface area contributed by atoms with E-state index in [1.807, 2.05) is 0 Å². The summed E-state index contributed by atoms with van der Waals surface area (Å²) in [6.07, 6.45) is 7.78. The van der Waals surface area contributed by atoms with Crippen LogP contribution in [0.5, 0.6) is 0 Å². The molecule has 0 spiro atoms. The molecule has 1 heterocycles. The molecular formula is C13H24N4O2S. The largest absolute Gasteiger partial charge is 0.337 e. The summed E-state index contributed by atoms with van der Waals surface area (Å²) in [6.45, 7) is 2.06. The highest BCUT2D eigenvalue weighted by Crippen LogP contribution is 2.24. The van der Waals surface area contributed by atoms with Crippen molar-refractivity contribution in [1.82, 2.24) is 14.3 Å². The minimum absolute atomic E-state index is 0.0646. The standard InChI is InChI=1S/C13H24N4O2S/c1-11-16-12(9-17(11)2)20(18,19)15-10-13(14)7-5-3-4-6-8-13/h9,15H,3-8,10,14H2,1-2H3. The number of nitrogens with zero attached hydrogens (tertiary/aromatic N) is 2. The third-order valence-electron chi connectivity index (χ3n) is 4.08. The van der Waals surface area contributed by atoms with Crippen LogP contribution in [-0.4, -0.2) is 30.1 Å². The van der Waals surface area contributed by atoms with Crippen molar-refractivity contribution in [2.24, 2.45) is 12.8 Å². The van der Waals surface area contributed by atoms with Gasteiger partial charge in [-0.2, -0.15) is 0 Å². The van der Waals surface area contributed by atoms with Gasteiger partial charge in [-0.3, -0.25) is 0 Å². The van der Waals surface area contributed by atoms with Gasteiger partial charge in [0.15, 0.2) is 5.03 Å². The molecule has 20 heavy (non-hydrogen) atoms. The summed E-state index contributed by atoms with van der Waals surface area (Å²) in [4.78, 5) is 4.06. The van der Waals surface area contributed by atoms with Crippen LogP contribution in [0.4, 0.5) is 0 Å². The maximum Gasteiger partial charge on any atom is 0.259 e. The zero-order chi connectivity index (χ0) is 14.8. The second-order valence-electron chi connectivity index (χ2n) is 5.84. The number of aryl methyl sites for hydroxylation is 2. The Balaban J connectivity index is 2.05. The highest BCUT2D eigenvalue weighted by Gasteiger charge is 2.29. The fourth-order valence-electron chi connectivity index (χ4n) is 2.58. The Morgan fingerprint density at radius 1 is 1.35 bits per heavy atom. The summed E-state index contributed by atoms with van der Waals surface area (Å²) in [7, 11) is -1.80. The Hall–Kier alpha value is -0.920. The number of nitrogens with one attached hydrogen (secondary N) is 1. The molecule has 7 heteroatoms. The molecule has 1 fully saturated rings. The van der Waals surface area contributed by atoms with Gasteiger partial charge in [-0.25, -0.2) is 18.1 Å². The molecule has 114 valence electrons. The second kappa shape index (κ2) is 5.83. The SMILES string of the molecule is Cc1nc(S(=O)(=O)NCC2(N)CCCCCC2)cn1C. The normalized spacial score (nSPS) is 19.8. The van der Waals surface area contributed by atoms with E-state index in [0.717, 1.165) is 25.7 Å². The van der Waals surface area contributed by atoms with Crippen LogP contribution >= 0.6 is 0 Å². The highest BCUT2D eigenvalue weighted by molar-refractivity contribution is 7.89. The van der Waals surface area contributed by atoms with Crippen molar-refractivity contribution in [3.8, 4) is 0 Å². The van der Waals surface area contributed by atoms with Gasteiger partial charge in [-0.15, -0.1) is 0 Å². The summed E-state index contributed by atoms with van der Waals surface area (Å²) in [5, 5.41) is 0.0646. The van der Waals surface area contributed by atoms with Crippen molar-refractivity contribution in [2.75, 3.05) is 6.54 Å². The predicted octanol–water partition coefficient (Wildman–Crippen LogP) is 1.06. The van der Waals surface area contributed by atoms with Crippen LogP contribution in [0.25, 0.3) is 0 Å². The maximum atomic E-state index is 12.2. The van der Waals surface area contributed by atoms with E-state index >= 15 is 0 Å². The van der Waals surface area contributed by atoms with Crippen molar-refractivity contribution < 1.29 is 8.42 Å². The van der Waals surface area contributed by atoms with Crippen LogP contribution in [0.15, 0.2) is 11.2 Å². The highest BCUT2D eigenvalue weighted by atomic mass is 32.2. The average molecular weight is 300 g/mol. The minimum Gasteiger partial charge on any atom is -0.337 e. The fraction of sp³-hybridized carbons (Fsp3) is 0.769. The molecule has 0 bridgehead atoms. The van der Waals surface area contributed by atoms with Crippen LogP contribution in [0.2, 0.25) is 0 Å². The Morgan fingerprint density at radius 2 is 1.95 bits per heavy atom. The van der Waals surface area contributed by atoms with Crippen LogP contribution in [0.1, 0.15) is 44.3 Å². The second-order valence-corrected chi connectivity index (χ2v) is 7.55. The minimum atomic E-state index is -3.57. The van der Waals surface area contributed by atoms with Crippen LogP contribution in [0, 0.1) is 6.92 Å². The molecule has 2 rings (SSSR count). The summed E-state index contributed by atoms with van der Waals surface area (Å²) < 4.78 is 28.8. The Morgan fingerprint density at radius 3 is 2.45 bits per heavy atom. The van der Waals surface area contributed by atoms with Crippen molar-refractivity contribution in [2.45, 2.75) is 56.0 Å². The lowest BCUT2D eigenvalue weighted by atomic mass is 9.92. The summed E-state index contributed by atoms with van der Waals surface area (Å²) in [6, 6.07) is 0. The van der Waals surface area contributed by atoms with E-state index in [2.05, 4.69) is 9.71 Å². The number of imidazole rings is 1. The van der Waals surface area contributed by atoms with E-state index in [-0.39, 0.29) is 11.6 Å². The Bertz CT molecular complexity index is 537. The molecule has 0 atom stereocenters. The molecule has 1 saturated carbocycles. The fourth-order valence-corrected chi connectivity index (χ4v) is 3.75. The molecular weight excluding hydrogens is 276 g/mol. The molecule has 1 aromatic rings. The van der Waals surface area contributed by atoms with Gasteiger partial charge in [-0.05, 0) is 19.8 Å². The van der Waals surface area contributed by atoms with Crippen LogP contribution < -0.4 is 10.5 Å². The molecule has 0 aliphatic heterocycles. The number of hydrogen-bond donors (Lipinski definition) is 2. The van der Waals surface area contributed by atoms with Crippen molar-refractivity contribution in [3.63, 3.8) is 0 Å². The quantitative estimate of drug-likeness (QED) is 0.814. The molecule has 0 saturated heterocycles. The van der Waals surface area contributed by atoms with Gasteiger partial charge in [0.1, 0.15) is 5.82 Å². The third-order valence-corrected chi connectivity index (χ3v) is 5.35. The van der Waals surface area contributed by atoms with E-state index in [1.54, 1.807) is 18.5 Å². The topological polar surface area (TPSA) is 90.0 Å². The van der Waals surface area contributed by atoms with Gasteiger partial charge in [0, 0.05) is 25.3 Å². The van der Waals surface area contributed by atoms with Crippen LogP contribution in [-0.2, 0) is 17.1 Å². The van der Waals surface area contributed by atoms with Gasteiger partial charge in [0.2, 0.25) is 0 Å². The van der Waals surface area contributed by atoms with E-state index < -0.39 is 15.6 Å². The summed E-state index contributed by atoms with van der Waals surface area (Å²) in [5.74, 6) is 0.669. The number of nitrogens with two attached hydrogens (primary N) is 1. The first kappa shape index (κ1) is 15.5. The molecule has 0 radical (unpaired) electrons. The lowest BCUT2D eigenvalue weighted by Gasteiger charge is -2.27. The monoisotopic (exact) mass is 300 g/mol. The molecule has 3 N–H and O–H groups in total. The Labute approximate surface area is 120 Å². The first-order valence-electron chi connectivity index (χ1n) is 7.11. The maximum absolute atomic E-state index is 12.2. The zero-order valence-electron chi connectivity index (χ0n) is 12.2. The van der Waals surface area contributed by atoms with Crippen molar-refractivity contribution in [3.05, 3.63) is 12.0 Å². The molecule has 0 amide bonds. The van der Waals surface area contributed by atoms with E-state index in [1.165, 1.54) is 19.0 Å². The summed E-state index contributed by atoms with van der Waals surface area (Å²) >= 11 is 0. The lowest BCUT2D eigenvalue weighted by Crippen LogP contribution is -2.49. The average Bonchev–Trinajstić information content (AvgIpc) is 2.61. The van der Waals surface area contributed by atoms with E-state index in [4.69, 9.17) is 5.73 Å². The molecule has 1 aromatic heterocycles. The molecule has 6 nitrogen and oxygen atoms in total. The molecule has 0 unspecified atom stereocenters. The third kappa shape index (κ3) is 3.59. The number of aromatic nitrogens is 2. The molecule has 1 aliphatic carbocycles. The van der Waals surface area contributed by atoms with E-state index in [0.29, 0.717) is 5.82 Å². The van der Waals surface area contributed by atoms with Gasteiger partial charge in [-0.1, -0.05) is 25.7 Å². The molecule has 0 aromatic carbocycles. The number of sulfonamides is 1. The van der Waals surface area contributed by atoms with Crippen molar-refractivity contribution >= 4 is 10.0 Å². The first-order chi connectivity index (χ1) is 9.32. The number of hydrogen-bond acceptors (Lipinski definition) is 4. The van der Waals surface area contributed by atoms with Crippen molar-refractivity contribution in [1.29, 1.82) is 0 Å². The molecule has 1 aliphatic rings.